The summed E-state index contributed by atoms with van der Waals surface area (Å²) in [4.78, 5) is 11.0. The molecule has 1 aliphatic heterocycles. The van der Waals surface area contributed by atoms with Crippen LogP contribution in [-0.2, 0) is 4.79 Å². The van der Waals surface area contributed by atoms with Gasteiger partial charge < -0.3 is 9.84 Å². The van der Waals surface area contributed by atoms with E-state index >= 15 is 0 Å². The van der Waals surface area contributed by atoms with Crippen LogP contribution in [0.4, 0.5) is 0 Å². The monoisotopic (exact) mass is 258 g/mol. The van der Waals surface area contributed by atoms with Gasteiger partial charge in [0.25, 0.3) is 0 Å². The van der Waals surface area contributed by atoms with Gasteiger partial charge in [0.15, 0.2) is 0 Å². The Hall–Kier alpha value is -0.930. The van der Waals surface area contributed by atoms with Gasteiger partial charge in [-0.2, -0.15) is 0 Å². The molecule has 5 heteroatoms. The number of aliphatic carboxylic acids is 1. The lowest BCUT2D eigenvalue weighted by Gasteiger charge is -2.18. The molecule has 0 saturated heterocycles. The number of halogens is 2. The third-order valence-electron chi connectivity index (χ3n) is 3.30. The first-order valence-corrected chi connectivity index (χ1v) is 5.70. The largest absolute Gasteiger partial charge is 0.491 e. The summed E-state index contributed by atoms with van der Waals surface area (Å²) in [6, 6.07) is 3.35. The minimum Gasteiger partial charge on any atom is -0.491 e. The maximum Gasteiger partial charge on any atom is 0.307 e. The number of hydrogen-bond acceptors (Lipinski definition) is 2. The summed E-state index contributed by atoms with van der Waals surface area (Å²) in [7, 11) is 0. The van der Waals surface area contributed by atoms with E-state index in [0.717, 1.165) is 5.56 Å². The fourth-order valence-corrected chi connectivity index (χ4v) is 2.99. The van der Waals surface area contributed by atoms with E-state index in [0.29, 0.717) is 22.4 Å². The summed E-state index contributed by atoms with van der Waals surface area (Å²) < 4.78 is 5.49. The molecule has 0 bridgehead atoms. The molecule has 1 unspecified atom stereocenters. The van der Waals surface area contributed by atoms with Gasteiger partial charge in [0.2, 0.25) is 0 Å². The maximum atomic E-state index is 11.0. The van der Waals surface area contributed by atoms with E-state index in [1.165, 1.54) is 0 Å². The second-order valence-electron chi connectivity index (χ2n) is 4.14. The van der Waals surface area contributed by atoms with Crippen molar-refractivity contribution < 1.29 is 14.6 Å². The van der Waals surface area contributed by atoms with Gasteiger partial charge in [-0.1, -0.05) is 23.2 Å². The topological polar surface area (TPSA) is 46.5 Å². The Bertz CT molecular complexity index is 486. The molecule has 1 saturated carbocycles. The number of carbonyl (C=O) groups is 1. The Morgan fingerprint density at radius 2 is 2.06 bits per heavy atom. The highest BCUT2D eigenvalue weighted by Gasteiger charge is 2.60. The standard InChI is InChI=1S/C11H8Cl2O3/c12-5-1-2-6(13)10-9(5)7-4(3-16-10)8(7)11(14)15/h1-2,4,7-8H,3H2,(H,14,15)/t4-,7+,8?/m0/s1. The molecule has 1 N–H and O–H groups in total. The van der Waals surface area contributed by atoms with E-state index in [-0.39, 0.29) is 17.8 Å². The molecule has 2 aliphatic rings. The Morgan fingerprint density at radius 3 is 2.75 bits per heavy atom. The van der Waals surface area contributed by atoms with Crippen molar-refractivity contribution in [1.82, 2.24) is 0 Å². The van der Waals surface area contributed by atoms with Crippen molar-refractivity contribution >= 4 is 29.2 Å². The van der Waals surface area contributed by atoms with Crippen LogP contribution in [0, 0.1) is 11.8 Å². The van der Waals surface area contributed by atoms with Crippen LogP contribution in [0.3, 0.4) is 0 Å². The molecule has 1 aliphatic carbocycles. The fraction of sp³-hybridized carbons (Fsp3) is 0.364. The first-order chi connectivity index (χ1) is 7.61. The Labute approximate surface area is 102 Å². The van der Waals surface area contributed by atoms with Crippen molar-refractivity contribution in [2.45, 2.75) is 5.92 Å². The van der Waals surface area contributed by atoms with Crippen LogP contribution in [0.1, 0.15) is 11.5 Å². The number of rotatable bonds is 1. The molecule has 0 radical (unpaired) electrons. The van der Waals surface area contributed by atoms with Gasteiger partial charge >= 0.3 is 5.97 Å². The average Bonchev–Trinajstić information content (AvgIpc) is 2.97. The number of carboxylic acids is 1. The van der Waals surface area contributed by atoms with E-state index in [1.54, 1.807) is 12.1 Å². The average molecular weight is 259 g/mol. The van der Waals surface area contributed by atoms with E-state index < -0.39 is 5.97 Å². The molecule has 1 heterocycles. The van der Waals surface area contributed by atoms with Crippen LogP contribution in [0.15, 0.2) is 12.1 Å². The quantitative estimate of drug-likeness (QED) is 0.843. The highest BCUT2D eigenvalue weighted by molar-refractivity contribution is 6.35. The smallest absolute Gasteiger partial charge is 0.307 e. The molecule has 0 aromatic heterocycles. The third kappa shape index (κ3) is 1.25. The van der Waals surface area contributed by atoms with Gasteiger partial charge in [-0.3, -0.25) is 4.79 Å². The summed E-state index contributed by atoms with van der Waals surface area (Å²) in [6.45, 7) is 0.411. The molecule has 0 amide bonds. The first-order valence-electron chi connectivity index (χ1n) is 4.94. The predicted molar refractivity (Wildman–Crippen MR) is 59.3 cm³/mol. The number of benzene rings is 1. The van der Waals surface area contributed by atoms with E-state index in [1.807, 2.05) is 0 Å². The van der Waals surface area contributed by atoms with Crippen molar-refractivity contribution in [2.24, 2.45) is 11.8 Å². The molecule has 0 spiro atoms. The van der Waals surface area contributed by atoms with Crippen LogP contribution in [-0.4, -0.2) is 17.7 Å². The van der Waals surface area contributed by atoms with Gasteiger partial charge in [0.05, 0.1) is 17.5 Å². The van der Waals surface area contributed by atoms with E-state index in [4.69, 9.17) is 33.0 Å². The lowest BCUT2D eigenvalue weighted by Crippen LogP contribution is -2.09. The normalized spacial score (nSPS) is 30.0. The predicted octanol–water partition coefficient (Wildman–Crippen LogP) is 2.80. The number of ether oxygens (including phenoxy) is 1. The Morgan fingerprint density at radius 1 is 1.38 bits per heavy atom. The highest BCUT2D eigenvalue weighted by atomic mass is 35.5. The minimum atomic E-state index is -0.789. The van der Waals surface area contributed by atoms with E-state index in [2.05, 4.69) is 0 Å². The summed E-state index contributed by atoms with van der Waals surface area (Å²) in [5, 5.41) is 10.1. The summed E-state index contributed by atoms with van der Waals surface area (Å²) in [5.41, 5.74) is 0.762. The van der Waals surface area contributed by atoms with Gasteiger partial charge in [0.1, 0.15) is 5.75 Å². The Kier molecular flexibility index (Phi) is 2.10. The molecule has 3 rings (SSSR count). The second-order valence-corrected chi connectivity index (χ2v) is 4.95. The minimum absolute atomic E-state index is 0.0348. The third-order valence-corrected chi connectivity index (χ3v) is 3.93. The van der Waals surface area contributed by atoms with Crippen LogP contribution in [0.5, 0.6) is 5.75 Å². The van der Waals surface area contributed by atoms with Crippen LogP contribution < -0.4 is 4.74 Å². The van der Waals surface area contributed by atoms with Crippen LogP contribution >= 0.6 is 23.2 Å². The zero-order chi connectivity index (χ0) is 11.4. The summed E-state index contributed by atoms with van der Waals surface area (Å²) in [5.74, 6) is -0.604. The molecule has 1 aromatic rings. The second kappa shape index (κ2) is 3.28. The van der Waals surface area contributed by atoms with Crippen molar-refractivity contribution in [3.05, 3.63) is 27.7 Å². The van der Waals surface area contributed by atoms with Gasteiger partial charge in [-0.15, -0.1) is 0 Å². The maximum absolute atomic E-state index is 11.0. The van der Waals surface area contributed by atoms with Crippen LogP contribution in [0.2, 0.25) is 10.0 Å². The number of hydrogen-bond donors (Lipinski definition) is 1. The molecule has 3 atom stereocenters. The molecule has 1 aromatic carbocycles. The summed E-state index contributed by atoms with van der Waals surface area (Å²) in [6.07, 6.45) is 0. The molecule has 3 nitrogen and oxygen atoms in total. The molecular formula is C11H8Cl2O3. The van der Waals surface area contributed by atoms with Crippen molar-refractivity contribution in [1.29, 1.82) is 0 Å². The van der Waals surface area contributed by atoms with Crippen molar-refractivity contribution in [3.63, 3.8) is 0 Å². The zero-order valence-electron chi connectivity index (χ0n) is 8.11. The number of carboxylic acid groups (broad SMARTS) is 1. The van der Waals surface area contributed by atoms with Crippen LogP contribution in [0.25, 0.3) is 0 Å². The van der Waals surface area contributed by atoms with Gasteiger partial charge in [0, 0.05) is 22.4 Å². The van der Waals surface area contributed by atoms with Crippen molar-refractivity contribution in [3.8, 4) is 5.75 Å². The lowest BCUT2D eigenvalue weighted by molar-refractivity contribution is -0.139. The summed E-state index contributed by atoms with van der Waals surface area (Å²) >= 11 is 12.1. The molecular weight excluding hydrogens is 251 g/mol. The first kappa shape index (κ1) is 10.2. The SMILES string of the molecule is O=C(O)C1[C@H]2COc3c(Cl)ccc(Cl)c3[C@@H]12. The highest BCUT2D eigenvalue weighted by Crippen LogP contribution is 2.61. The van der Waals surface area contributed by atoms with Crippen molar-refractivity contribution in [2.75, 3.05) is 6.61 Å². The number of fused-ring (bicyclic) bond motifs is 3. The molecule has 84 valence electrons. The van der Waals surface area contributed by atoms with Gasteiger partial charge in [-0.25, -0.2) is 0 Å². The lowest BCUT2D eigenvalue weighted by atomic mass is 10.1. The fourth-order valence-electron chi connectivity index (χ4n) is 2.50. The van der Waals surface area contributed by atoms with E-state index in [9.17, 15) is 4.79 Å². The van der Waals surface area contributed by atoms with Gasteiger partial charge in [-0.05, 0) is 12.1 Å². The Balaban J connectivity index is 2.10. The zero-order valence-corrected chi connectivity index (χ0v) is 9.63. The molecule has 16 heavy (non-hydrogen) atoms. The molecule has 1 fully saturated rings.